The molecule has 0 fully saturated rings. The summed E-state index contributed by atoms with van der Waals surface area (Å²) in [5, 5.41) is 2.35. The zero-order chi connectivity index (χ0) is 13.9. The van der Waals surface area contributed by atoms with E-state index in [1.807, 2.05) is 0 Å². The molecule has 0 bridgehead atoms. The summed E-state index contributed by atoms with van der Waals surface area (Å²) in [5.74, 6) is -1.96. The van der Waals surface area contributed by atoms with Gasteiger partial charge in [-0.2, -0.15) is 0 Å². The number of rotatable bonds is 4. The van der Waals surface area contributed by atoms with Crippen LogP contribution in [0.3, 0.4) is 0 Å². The molecule has 0 spiro atoms. The van der Waals surface area contributed by atoms with Crippen LogP contribution in [-0.2, 0) is 11.2 Å². The summed E-state index contributed by atoms with van der Waals surface area (Å²) in [6.45, 7) is 0. The molecule has 0 unspecified atom stereocenters. The first-order valence-electron chi connectivity index (χ1n) is 5.09. The maximum Gasteiger partial charge on any atom is 0.237 e. The molecule has 18 heavy (non-hydrogen) atoms. The third kappa shape index (κ3) is 3.08. The molecule has 7 heteroatoms. The number of carbonyl (C=O) groups excluding carboxylic acids is 1. The minimum atomic E-state index is -0.962. The predicted molar refractivity (Wildman–Crippen MR) is 71.4 cm³/mol. The number of methoxy groups -OCH3 is 1. The van der Waals surface area contributed by atoms with E-state index in [-0.39, 0.29) is 21.3 Å². The Balaban J connectivity index is 3.18. The lowest BCUT2D eigenvalue weighted by atomic mass is 10.0. The first-order chi connectivity index (χ1) is 8.42. The molecular weight excluding hydrogens is 357 g/mol. The molecule has 0 heterocycles. The molecule has 1 aromatic rings. The van der Waals surface area contributed by atoms with E-state index < -0.39 is 23.6 Å². The van der Waals surface area contributed by atoms with Gasteiger partial charge in [0.15, 0.2) is 11.6 Å². The van der Waals surface area contributed by atoms with Crippen molar-refractivity contribution in [3.05, 3.63) is 26.8 Å². The number of halogens is 3. The van der Waals surface area contributed by atoms with Crippen LogP contribution in [0.5, 0.6) is 5.75 Å². The largest absolute Gasteiger partial charge is 0.493 e. The lowest BCUT2D eigenvalue weighted by molar-refractivity contribution is -0.121. The molecule has 1 rings (SSSR count). The normalized spacial score (nSPS) is 12.1. The Kier molecular flexibility index (Phi) is 5.27. The molecule has 0 saturated carbocycles. The van der Waals surface area contributed by atoms with Crippen LogP contribution in [-0.4, -0.2) is 26.1 Å². The maximum absolute atomic E-state index is 13.9. The molecule has 1 atom stereocenters. The first-order valence-corrected chi connectivity index (χ1v) is 6.17. The van der Waals surface area contributed by atoms with Crippen molar-refractivity contribution in [2.24, 2.45) is 5.73 Å². The van der Waals surface area contributed by atoms with Crippen molar-refractivity contribution in [2.75, 3.05) is 14.2 Å². The summed E-state index contributed by atoms with van der Waals surface area (Å²) >= 11 is 1.67. The fourth-order valence-electron chi connectivity index (χ4n) is 1.53. The molecule has 4 nitrogen and oxygen atoms in total. The average molecular weight is 370 g/mol. The minimum Gasteiger partial charge on any atom is -0.493 e. The molecule has 3 N–H and O–H groups in total. The van der Waals surface area contributed by atoms with E-state index in [1.54, 1.807) is 22.6 Å². The monoisotopic (exact) mass is 370 g/mol. The molecule has 0 aromatic heterocycles. The van der Waals surface area contributed by atoms with Gasteiger partial charge in [-0.1, -0.05) is 0 Å². The Bertz CT molecular complexity index is 469. The second-order valence-corrected chi connectivity index (χ2v) is 4.75. The third-order valence-corrected chi connectivity index (χ3v) is 3.22. The van der Waals surface area contributed by atoms with Crippen LogP contribution in [0.25, 0.3) is 0 Å². The van der Waals surface area contributed by atoms with Crippen molar-refractivity contribution < 1.29 is 18.3 Å². The number of likely N-dealkylation sites (N-methyl/N-ethyl adjacent to an activating group) is 1. The smallest absolute Gasteiger partial charge is 0.237 e. The Morgan fingerprint density at radius 3 is 2.72 bits per heavy atom. The fourth-order valence-corrected chi connectivity index (χ4v) is 2.13. The van der Waals surface area contributed by atoms with E-state index in [0.717, 1.165) is 6.07 Å². The van der Waals surface area contributed by atoms with Gasteiger partial charge in [0.2, 0.25) is 5.91 Å². The molecule has 100 valence electrons. The molecular formula is C11H13F2IN2O2. The molecule has 1 amide bonds. The summed E-state index contributed by atoms with van der Waals surface area (Å²) in [6, 6.07) is 0.0694. The Morgan fingerprint density at radius 1 is 1.61 bits per heavy atom. The highest BCUT2D eigenvalue weighted by Crippen LogP contribution is 2.29. The zero-order valence-corrected chi connectivity index (χ0v) is 12.0. The third-order valence-electron chi connectivity index (χ3n) is 2.43. The van der Waals surface area contributed by atoms with Gasteiger partial charge in [0.25, 0.3) is 0 Å². The number of ether oxygens (including phenoxy) is 1. The van der Waals surface area contributed by atoms with Crippen LogP contribution in [0, 0.1) is 15.2 Å². The van der Waals surface area contributed by atoms with Crippen LogP contribution < -0.4 is 15.8 Å². The summed E-state index contributed by atoms with van der Waals surface area (Å²) < 4.78 is 32.4. The van der Waals surface area contributed by atoms with Crippen molar-refractivity contribution in [1.82, 2.24) is 5.32 Å². The molecule has 0 saturated heterocycles. The van der Waals surface area contributed by atoms with E-state index in [4.69, 9.17) is 10.5 Å². The lowest BCUT2D eigenvalue weighted by Crippen LogP contribution is -2.40. The van der Waals surface area contributed by atoms with Gasteiger partial charge in [0.1, 0.15) is 5.82 Å². The van der Waals surface area contributed by atoms with Crippen LogP contribution in [0.1, 0.15) is 5.56 Å². The number of carbonyl (C=O) groups is 1. The van der Waals surface area contributed by atoms with E-state index in [9.17, 15) is 13.6 Å². The number of amides is 1. The van der Waals surface area contributed by atoms with E-state index in [2.05, 4.69) is 5.32 Å². The van der Waals surface area contributed by atoms with Gasteiger partial charge in [-0.15, -0.1) is 0 Å². The van der Waals surface area contributed by atoms with Crippen molar-refractivity contribution in [3.8, 4) is 5.75 Å². The summed E-state index contributed by atoms with van der Waals surface area (Å²) in [6.07, 6.45) is -0.136. The minimum absolute atomic E-state index is 0.0296. The quantitative estimate of drug-likeness (QED) is 0.619. The van der Waals surface area contributed by atoms with Gasteiger partial charge >= 0.3 is 0 Å². The second kappa shape index (κ2) is 6.28. The SMILES string of the molecule is CNC(=O)[C@@H](N)Cc1c(F)c(I)cc(F)c1OC. The number of benzene rings is 1. The molecule has 0 aliphatic rings. The van der Waals surface area contributed by atoms with E-state index >= 15 is 0 Å². The predicted octanol–water partition coefficient (Wildman–Crippen LogP) is 1.19. The van der Waals surface area contributed by atoms with Crippen LogP contribution >= 0.6 is 22.6 Å². The van der Waals surface area contributed by atoms with Crippen molar-refractivity contribution in [2.45, 2.75) is 12.5 Å². The van der Waals surface area contributed by atoms with Gasteiger partial charge < -0.3 is 15.8 Å². The average Bonchev–Trinajstić information content (AvgIpc) is 2.34. The summed E-state index contributed by atoms with van der Waals surface area (Å²) in [5.41, 5.74) is 5.56. The molecule has 0 radical (unpaired) electrons. The van der Waals surface area contributed by atoms with E-state index in [1.165, 1.54) is 14.2 Å². The van der Waals surface area contributed by atoms with Gasteiger partial charge in [-0.05, 0) is 28.7 Å². The zero-order valence-electron chi connectivity index (χ0n) is 9.89. The first kappa shape index (κ1) is 15.1. The number of hydrogen-bond acceptors (Lipinski definition) is 3. The highest BCUT2D eigenvalue weighted by atomic mass is 127. The second-order valence-electron chi connectivity index (χ2n) is 3.59. The fraction of sp³-hybridized carbons (Fsp3) is 0.364. The van der Waals surface area contributed by atoms with Gasteiger partial charge in [-0.25, -0.2) is 8.78 Å². The van der Waals surface area contributed by atoms with Crippen LogP contribution in [0.4, 0.5) is 8.78 Å². The van der Waals surface area contributed by atoms with Gasteiger partial charge in [0.05, 0.1) is 16.7 Å². The summed E-state index contributed by atoms with van der Waals surface area (Å²) in [4.78, 5) is 11.3. The van der Waals surface area contributed by atoms with Crippen LogP contribution in [0.2, 0.25) is 0 Å². The molecule has 0 aliphatic heterocycles. The summed E-state index contributed by atoms with van der Waals surface area (Å²) in [7, 11) is 2.66. The van der Waals surface area contributed by atoms with Crippen molar-refractivity contribution in [1.29, 1.82) is 0 Å². The van der Waals surface area contributed by atoms with Crippen molar-refractivity contribution >= 4 is 28.5 Å². The highest BCUT2D eigenvalue weighted by Gasteiger charge is 2.22. The standard InChI is InChI=1S/C11H13F2IN2O2/c1-16-11(17)8(15)3-5-9(13)7(14)4-6(12)10(5)18-2/h4,8H,3,15H2,1-2H3,(H,16,17)/t8-/m0/s1. The Morgan fingerprint density at radius 2 is 2.22 bits per heavy atom. The number of hydrogen-bond donors (Lipinski definition) is 2. The van der Waals surface area contributed by atoms with E-state index in [0.29, 0.717) is 0 Å². The van der Waals surface area contributed by atoms with Crippen molar-refractivity contribution in [3.63, 3.8) is 0 Å². The topological polar surface area (TPSA) is 64.4 Å². The molecule has 1 aromatic carbocycles. The maximum atomic E-state index is 13.9. The number of nitrogens with two attached hydrogens (primary N) is 1. The Labute approximate surface area is 117 Å². The van der Waals surface area contributed by atoms with Crippen LogP contribution in [0.15, 0.2) is 6.07 Å². The number of nitrogens with one attached hydrogen (secondary N) is 1. The molecule has 0 aliphatic carbocycles. The van der Waals surface area contributed by atoms with Gasteiger partial charge in [0, 0.05) is 19.0 Å². The Hall–Kier alpha value is -0.960. The highest BCUT2D eigenvalue weighted by molar-refractivity contribution is 14.1. The lowest BCUT2D eigenvalue weighted by Gasteiger charge is -2.15. The van der Waals surface area contributed by atoms with Gasteiger partial charge in [-0.3, -0.25) is 4.79 Å².